The molecule has 35 heavy (non-hydrogen) atoms. The van der Waals surface area contributed by atoms with Crippen molar-refractivity contribution >= 4 is 166 Å². The van der Waals surface area contributed by atoms with Gasteiger partial charge in [0.1, 0.15) is 0 Å². The van der Waals surface area contributed by atoms with Gasteiger partial charge in [-0.15, -0.1) is 0 Å². The van der Waals surface area contributed by atoms with Crippen LogP contribution in [0.5, 0.6) is 0 Å². The van der Waals surface area contributed by atoms with Crippen molar-refractivity contribution in [2.24, 2.45) is 0 Å². The van der Waals surface area contributed by atoms with Crippen LogP contribution in [0.1, 0.15) is 69.2 Å². The number of amides is 1. The summed E-state index contributed by atoms with van der Waals surface area (Å²) in [4.78, 5) is 25.1. The molecule has 0 unspecified atom stereocenters. The van der Waals surface area contributed by atoms with Crippen molar-refractivity contribution in [2.75, 3.05) is 0 Å². The average Bonchev–Trinajstić information content (AvgIpc) is 2.58. The van der Waals surface area contributed by atoms with Crippen LogP contribution >= 0.6 is 110 Å². The zero-order chi connectivity index (χ0) is 29.5. The van der Waals surface area contributed by atoms with Crippen molar-refractivity contribution in [1.82, 2.24) is 10.6 Å². The quantitative estimate of drug-likeness (QED) is 0.326. The van der Waals surface area contributed by atoms with Crippen LogP contribution in [-0.2, 0) is 14.3 Å². The van der Waals surface area contributed by atoms with Crippen molar-refractivity contribution in [3.8, 4) is 0 Å². The first-order valence-corrected chi connectivity index (χ1v) is 13.1. The molecule has 0 atom stereocenters. The maximum atomic E-state index is 10.6. The van der Waals surface area contributed by atoms with Gasteiger partial charge in [-0.2, -0.15) is 0 Å². The Labute approximate surface area is 258 Å². The highest BCUT2D eigenvalue weighted by Crippen LogP contribution is 1.83. The van der Waals surface area contributed by atoms with Gasteiger partial charge in [0, 0.05) is 13.8 Å². The molecule has 0 aromatic rings. The van der Waals surface area contributed by atoms with Crippen LogP contribution < -0.4 is 10.6 Å². The van der Waals surface area contributed by atoms with E-state index in [2.05, 4.69) is 121 Å². The molecule has 14 heteroatoms. The number of carbonyl (C=O) groups is 2. The molecule has 0 aliphatic heterocycles. The maximum Gasteiger partial charge on any atom is 0.262 e. The smallest absolute Gasteiger partial charge is 0.262 e. The minimum absolute atomic E-state index is 0.185. The van der Waals surface area contributed by atoms with Crippen molar-refractivity contribution in [1.29, 1.82) is 0 Å². The fraction of sp³-hybridized carbons (Fsp3) is 0.476. The van der Waals surface area contributed by atoms with E-state index in [1.54, 1.807) is 55.4 Å². The molecule has 1 amide bonds. The van der Waals surface area contributed by atoms with E-state index in [-0.39, 0.29) is 11.7 Å². The minimum atomic E-state index is -0.280. The van der Waals surface area contributed by atoms with E-state index < -0.39 is 0 Å². The maximum absolute atomic E-state index is 10.6. The molecule has 0 aliphatic carbocycles. The lowest BCUT2D eigenvalue weighted by molar-refractivity contribution is -0.113. The number of ketones is 1. The number of nitrogens with one attached hydrogen (secondary N) is 2. The monoisotopic (exact) mass is 648 g/mol. The van der Waals surface area contributed by atoms with Gasteiger partial charge in [-0.3, -0.25) is 9.59 Å². The molecule has 0 bridgehead atoms. The van der Waals surface area contributed by atoms with Gasteiger partial charge in [0.15, 0.2) is 10.1 Å². The third-order valence-electron chi connectivity index (χ3n) is 1.89. The highest BCUT2D eigenvalue weighted by atomic mass is 32.1. The predicted octanol–water partition coefficient (Wildman–Crippen LogP) is 6.54. The Bertz CT molecular complexity index is 781. The van der Waals surface area contributed by atoms with E-state index in [4.69, 9.17) is 4.74 Å². The minimum Gasteiger partial charge on any atom is -0.444 e. The van der Waals surface area contributed by atoms with Crippen LogP contribution in [-0.4, -0.2) is 56.2 Å². The van der Waals surface area contributed by atoms with Crippen LogP contribution in [0.2, 0.25) is 0 Å². The van der Waals surface area contributed by atoms with E-state index >= 15 is 0 Å². The van der Waals surface area contributed by atoms with Crippen molar-refractivity contribution < 1.29 is 14.3 Å². The summed E-state index contributed by atoms with van der Waals surface area (Å²) in [5.74, 6) is -0.465. The summed E-state index contributed by atoms with van der Waals surface area (Å²) in [6.07, 6.45) is 0. The van der Waals surface area contributed by atoms with Crippen molar-refractivity contribution in [3.63, 3.8) is 0 Å². The third kappa shape index (κ3) is 60.2. The lowest BCUT2D eigenvalue weighted by Crippen LogP contribution is -2.30. The fourth-order valence-electron chi connectivity index (χ4n) is 0.946. The molecule has 0 saturated carbocycles. The zero-order valence-electron chi connectivity index (χ0n) is 21.4. The second-order valence-corrected chi connectivity index (χ2v) is 11.9. The molecule has 0 aromatic carbocycles. The molecular formula is C21H32N2O3S9. The van der Waals surface area contributed by atoms with Gasteiger partial charge in [-0.05, 0) is 84.7 Å². The normalized spacial score (nSPS) is 7.83. The van der Waals surface area contributed by atoms with Crippen molar-refractivity contribution in [2.45, 2.75) is 69.2 Å². The number of Topliss-reactive ketones (excluding diaryl/α,β-unsaturated/α-hetero) is 1. The van der Waals surface area contributed by atoms with Crippen molar-refractivity contribution in [3.05, 3.63) is 0 Å². The van der Waals surface area contributed by atoms with Crippen LogP contribution in [0.4, 0.5) is 0 Å². The van der Waals surface area contributed by atoms with Gasteiger partial charge in [0.2, 0.25) is 5.78 Å². The lowest BCUT2D eigenvalue weighted by Gasteiger charge is -1.97. The summed E-state index contributed by atoms with van der Waals surface area (Å²) < 4.78 is 4.71. The van der Waals surface area contributed by atoms with E-state index in [1.165, 1.54) is 0 Å². The molecule has 0 radical (unpaired) electrons. The number of ether oxygens (including phenoxy) is 1. The number of carbonyl (C=O) groups excluding carboxylic acids is 2. The standard InChI is InChI=1S/C5H7NOS2.C5H6OS2.C4H7NS2.C4H6OS2.C3H6S/c1-3(8)5(7)6-4(2)9;1-3(7)5(6)4(2)8;2*1-3(6)5-4(2)7;1-3(2)4/h1-2H3,(H,6,7,9);1-2H3;1-2H3,(H,5,6,7);1-2H3;1-2H3. The molecule has 0 aliphatic rings. The highest BCUT2D eigenvalue weighted by Gasteiger charge is 2.03. The largest absolute Gasteiger partial charge is 0.444 e. The molecule has 0 saturated heterocycles. The summed E-state index contributed by atoms with van der Waals surface area (Å²) in [6.45, 7) is 17.1. The summed E-state index contributed by atoms with van der Waals surface area (Å²) >= 11 is 41.3. The first kappa shape index (κ1) is 44.5. The van der Waals surface area contributed by atoms with E-state index in [1.807, 2.05) is 13.8 Å². The van der Waals surface area contributed by atoms with Gasteiger partial charge >= 0.3 is 0 Å². The molecule has 5 nitrogen and oxygen atoms in total. The Balaban J connectivity index is -0.000000109. The third-order valence-corrected chi connectivity index (χ3v) is 2.92. The van der Waals surface area contributed by atoms with E-state index in [9.17, 15) is 9.59 Å². The van der Waals surface area contributed by atoms with E-state index in [0.29, 0.717) is 29.7 Å². The topological polar surface area (TPSA) is 67.4 Å². The Morgan fingerprint density at radius 1 is 0.486 bits per heavy atom. The van der Waals surface area contributed by atoms with Crippen LogP contribution in [0.3, 0.4) is 0 Å². The molecular weight excluding hydrogens is 617 g/mol. The molecule has 0 heterocycles. The number of rotatable bonds is 3. The first-order chi connectivity index (χ1) is 15.6. The molecule has 0 fully saturated rings. The SMILES string of the molecule is CC(=S)C(=O)C(C)=S.CC(=S)NC(=O)C(C)=S.CC(=S)NC(C)=S.CC(=S)OC(C)=S.CC(C)=S. The van der Waals surface area contributed by atoms with E-state index in [0.717, 1.165) is 14.8 Å². The first-order valence-electron chi connectivity index (χ1n) is 9.40. The van der Waals surface area contributed by atoms with Crippen LogP contribution in [0.15, 0.2) is 0 Å². The summed E-state index contributed by atoms with van der Waals surface area (Å²) in [6, 6.07) is 0. The van der Waals surface area contributed by atoms with Gasteiger partial charge in [0.25, 0.3) is 5.91 Å². The van der Waals surface area contributed by atoms with Gasteiger partial charge in [0.05, 0.1) is 29.6 Å². The number of thiocarbonyl (C=S) groups is 9. The number of hydrogen-bond acceptors (Lipinski definition) is 12. The number of hydrogen-bond donors (Lipinski definition) is 2. The second kappa shape index (κ2) is 28.1. The second-order valence-electron chi connectivity index (χ2n) is 6.24. The molecule has 2 N–H and O–H groups in total. The summed E-state index contributed by atoms with van der Waals surface area (Å²) in [5, 5.41) is 6.12. The Hall–Kier alpha value is -0.450. The Morgan fingerprint density at radius 2 is 0.743 bits per heavy atom. The summed E-state index contributed by atoms with van der Waals surface area (Å²) in [5.41, 5.74) is 0. The van der Waals surface area contributed by atoms with Crippen LogP contribution in [0.25, 0.3) is 0 Å². The molecule has 0 aromatic heterocycles. The average molecular weight is 649 g/mol. The van der Waals surface area contributed by atoms with Gasteiger partial charge in [-0.1, -0.05) is 85.5 Å². The van der Waals surface area contributed by atoms with Crippen LogP contribution in [0, 0.1) is 0 Å². The molecule has 0 spiro atoms. The molecule has 0 rings (SSSR count). The fourth-order valence-corrected chi connectivity index (χ4v) is 2.13. The van der Waals surface area contributed by atoms with Gasteiger partial charge < -0.3 is 15.4 Å². The Kier molecular flexibility index (Phi) is 35.8. The Morgan fingerprint density at radius 3 is 0.771 bits per heavy atom. The highest BCUT2D eigenvalue weighted by molar-refractivity contribution is 7.85. The lowest BCUT2D eigenvalue weighted by atomic mass is 10.2. The zero-order valence-corrected chi connectivity index (χ0v) is 28.7. The van der Waals surface area contributed by atoms with Gasteiger partial charge in [-0.25, -0.2) is 0 Å². The molecule has 198 valence electrons. The summed E-state index contributed by atoms with van der Waals surface area (Å²) in [7, 11) is 0. The predicted molar refractivity (Wildman–Crippen MR) is 187 cm³/mol.